The number of aryl methyl sites for hydroxylation is 1. The molecule has 2 nitrogen and oxygen atoms in total. The zero-order valence-corrected chi connectivity index (χ0v) is 9.73. The SMILES string of the molecule is Cc1csc(CC2(N)CCC(C)C2)n1. The lowest BCUT2D eigenvalue weighted by molar-refractivity contribution is 0.418. The van der Waals surface area contributed by atoms with Crippen molar-refractivity contribution >= 4 is 11.3 Å². The van der Waals surface area contributed by atoms with Crippen molar-refractivity contribution in [2.24, 2.45) is 11.7 Å². The van der Waals surface area contributed by atoms with Crippen LogP contribution in [0, 0.1) is 12.8 Å². The van der Waals surface area contributed by atoms with Crippen LogP contribution >= 0.6 is 11.3 Å². The highest BCUT2D eigenvalue weighted by atomic mass is 32.1. The Bertz CT molecular complexity index is 321. The van der Waals surface area contributed by atoms with Crippen molar-refractivity contribution in [3.8, 4) is 0 Å². The van der Waals surface area contributed by atoms with Gasteiger partial charge in [-0.3, -0.25) is 0 Å². The standard InChI is InChI=1S/C11H18N2S/c1-8-3-4-11(12,5-8)6-10-13-9(2)7-14-10/h7-8H,3-6,12H2,1-2H3. The summed E-state index contributed by atoms with van der Waals surface area (Å²) in [4.78, 5) is 4.48. The van der Waals surface area contributed by atoms with Gasteiger partial charge in [0.05, 0.1) is 5.01 Å². The zero-order valence-electron chi connectivity index (χ0n) is 8.92. The summed E-state index contributed by atoms with van der Waals surface area (Å²) < 4.78 is 0. The number of rotatable bonds is 2. The monoisotopic (exact) mass is 210 g/mol. The fraction of sp³-hybridized carbons (Fsp3) is 0.727. The van der Waals surface area contributed by atoms with Gasteiger partial charge in [-0.2, -0.15) is 0 Å². The van der Waals surface area contributed by atoms with Crippen LogP contribution in [0.15, 0.2) is 5.38 Å². The molecule has 2 rings (SSSR count). The lowest BCUT2D eigenvalue weighted by Gasteiger charge is -2.22. The van der Waals surface area contributed by atoms with Gasteiger partial charge in [-0.1, -0.05) is 6.92 Å². The lowest BCUT2D eigenvalue weighted by Crippen LogP contribution is -2.39. The summed E-state index contributed by atoms with van der Waals surface area (Å²) in [6, 6.07) is 0. The van der Waals surface area contributed by atoms with Crippen LogP contribution in [-0.4, -0.2) is 10.5 Å². The second-order valence-electron chi connectivity index (χ2n) is 4.77. The molecule has 1 saturated carbocycles. The predicted octanol–water partition coefficient (Wildman–Crippen LogP) is 2.51. The number of aromatic nitrogens is 1. The highest BCUT2D eigenvalue weighted by molar-refractivity contribution is 7.09. The van der Waals surface area contributed by atoms with Crippen LogP contribution in [0.1, 0.15) is 36.9 Å². The van der Waals surface area contributed by atoms with E-state index in [2.05, 4.69) is 17.3 Å². The van der Waals surface area contributed by atoms with Crippen molar-refractivity contribution in [1.82, 2.24) is 4.98 Å². The minimum absolute atomic E-state index is 0.0315. The summed E-state index contributed by atoms with van der Waals surface area (Å²) in [6.07, 6.45) is 4.56. The van der Waals surface area contributed by atoms with Gasteiger partial charge in [-0.05, 0) is 32.1 Å². The van der Waals surface area contributed by atoms with Crippen LogP contribution in [0.2, 0.25) is 0 Å². The van der Waals surface area contributed by atoms with Crippen LogP contribution in [0.4, 0.5) is 0 Å². The van der Waals surface area contributed by atoms with E-state index in [1.54, 1.807) is 11.3 Å². The highest BCUT2D eigenvalue weighted by Crippen LogP contribution is 2.35. The smallest absolute Gasteiger partial charge is 0.0946 e. The summed E-state index contributed by atoms with van der Waals surface area (Å²) >= 11 is 1.75. The first-order valence-corrected chi connectivity index (χ1v) is 6.15. The number of hydrogen-bond acceptors (Lipinski definition) is 3. The van der Waals surface area contributed by atoms with E-state index in [4.69, 9.17) is 5.73 Å². The fourth-order valence-corrected chi connectivity index (χ4v) is 3.30. The van der Waals surface area contributed by atoms with Gasteiger partial charge in [0.1, 0.15) is 0 Å². The molecule has 0 amide bonds. The van der Waals surface area contributed by atoms with Crippen molar-refractivity contribution in [3.05, 3.63) is 16.1 Å². The van der Waals surface area contributed by atoms with Crippen molar-refractivity contribution in [3.63, 3.8) is 0 Å². The summed E-state index contributed by atoms with van der Waals surface area (Å²) in [5, 5.41) is 3.32. The van der Waals surface area contributed by atoms with Gasteiger partial charge in [0.25, 0.3) is 0 Å². The van der Waals surface area contributed by atoms with Gasteiger partial charge in [0.15, 0.2) is 0 Å². The Labute approximate surface area is 89.5 Å². The maximum atomic E-state index is 6.36. The topological polar surface area (TPSA) is 38.9 Å². The molecule has 0 aromatic carbocycles. The molecule has 3 heteroatoms. The first kappa shape index (κ1) is 10.1. The van der Waals surface area contributed by atoms with Crippen molar-refractivity contribution in [2.45, 2.75) is 45.1 Å². The Hall–Kier alpha value is -0.410. The zero-order chi connectivity index (χ0) is 10.2. The molecule has 1 aliphatic carbocycles. The van der Waals surface area contributed by atoms with E-state index >= 15 is 0 Å². The van der Waals surface area contributed by atoms with E-state index in [-0.39, 0.29) is 5.54 Å². The summed E-state index contributed by atoms with van der Waals surface area (Å²) in [5.74, 6) is 0.793. The number of nitrogens with two attached hydrogens (primary N) is 1. The third-order valence-electron chi connectivity index (χ3n) is 3.06. The van der Waals surface area contributed by atoms with Crippen LogP contribution < -0.4 is 5.73 Å². The number of nitrogens with zero attached hydrogens (tertiary/aromatic N) is 1. The molecule has 1 fully saturated rings. The molecule has 78 valence electrons. The Morgan fingerprint density at radius 3 is 3.00 bits per heavy atom. The van der Waals surface area contributed by atoms with Gasteiger partial charge >= 0.3 is 0 Å². The molecule has 1 heterocycles. The summed E-state index contributed by atoms with van der Waals surface area (Å²) in [5.41, 5.74) is 7.51. The molecule has 1 aliphatic rings. The second kappa shape index (κ2) is 3.63. The molecule has 0 aliphatic heterocycles. The fourth-order valence-electron chi connectivity index (χ4n) is 2.38. The normalized spacial score (nSPS) is 32.4. The third-order valence-corrected chi connectivity index (χ3v) is 4.03. The van der Waals surface area contributed by atoms with E-state index < -0.39 is 0 Å². The van der Waals surface area contributed by atoms with E-state index in [0.717, 1.165) is 30.9 Å². The maximum absolute atomic E-state index is 6.36. The van der Waals surface area contributed by atoms with Crippen LogP contribution in [0.25, 0.3) is 0 Å². The Balaban J connectivity index is 2.03. The van der Waals surface area contributed by atoms with Crippen LogP contribution in [-0.2, 0) is 6.42 Å². The quantitative estimate of drug-likeness (QED) is 0.814. The minimum atomic E-state index is 0.0315. The van der Waals surface area contributed by atoms with Crippen molar-refractivity contribution in [2.75, 3.05) is 0 Å². The molecule has 0 bridgehead atoms. The first-order valence-electron chi connectivity index (χ1n) is 5.27. The van der Waals surface area contributed by atoms with Crippen molar-refractivity contribution in [1.29, 1.82) is 0 Å². The minimum Gasteiger partial charge on any atom is -0.325 e. The molecule has 1 aromatic heterocycles. The Morgan fingerprint density at radius 1 is 1.71 bits per heavy atom. The molecule has 2 N–H and O–H groups in total. The maximum Gasteiger partial charge on any atom is 0.0946 e. The molecule has 1 aromatic rings. The molecule has 14 heavy (non-hydrogen) atoms. The van der Waals surface area contributed by atoms with Gasteiger partial charge in [0.2, 0.25) is 0 Å². The average molecular weight is 210 g/mol. The Morgan fingerprint density at radius 2 is 2.50 bits per heavy atom. The molecule has 0 saturated heterocycles. The molecule has 2 atom stereocenters. The highest BCUT2D eigenvalue weighted by Gasteiger charge is 2.34. The lowest BCUT2D eigenvalue weighted by atomic mass is 9.94. The van der Waals surface area contributed by atoms with Crippen LogP contribution in [0.5, 0.6) is 0 Å². The number of hydrogen-bond donors (Lipinski definition) is 1. The average Bonchev–Trinajstić information content (AvgIpc) is 2.60. The van der Waals surface area contributed by atoms with Crippen LogP contribution in [0.3, 0.4) is 0 Å². The third kappa shape index (κ3) is 2.15. The molecule has 0 radical (unpaired) electrons. The van der Waals surface area contributed by atoms with Gasteiger partial charge in [-0.25, -0.2) is 4.98 Å². The van der Waals surface area contributed by atoms with Gasteiger partial charge < -0.3 is 5.73 Å². The van der Waals surface area contributed by atoms with E-state index in [0.29, 0.717) is 0 Å². The van der Waals surface area contributed by atoms with E-state index in [9.17, 15) is 0 Å². The van der Waals surface area contributed by atoms with E-state index in [1.807, 2.05) is 6.92 Å². The number of thiazole rings is 1. The molecule has 0 spiro atoms. The van der Waals surface area contributed by atoms with Gasteiger partial charge in [-0.15, -0.1) is 11.3 Å². The molecular weight excluding hydrogens is 192 g/mol. The van der Waals surface area contributed by atoms with Gasteiger partial charge in [0, 0.05) is 23.0 Å². The summed E-state index contributed by atoms with van der Waals surface area (Å²) in [6.45, 7) is 4.34. The molecular formula is C11H18N2S. The molecule has 2 unspecified atom stereocenters. The predicted molar refractivity (Wildman–Crippen MR) is 60.5 cm³/mol. The first-order chi connectivity index (χ1) is 6.57. The van der Waals surface area contributed by atoms with Crippen molar-refractivity contribution < 1.29 is 0 Å². The Kier molecular flexibility index (Phi) is 2.62. The summed E-state index contributed by atoms with van der Waals surface area (Å²) in [7, 11) is 0. The van der Waals surface area contributed by atoms with E-state index in [1.165, 1.54) is 11.4 Å². The largest absolute Gasteiger partial charge is 0.325 e. The second-order valence-corrected chi connectivity index (χ2v) is 5.71.